The smallest absolute Gasteiger partial charge is 0.222 e. The maximum Gasteiger partial charge on any atom is 0.222 e. The molecule has 0 aromatic rings. The van der Waals surface area contributed by atoms with Crippen LogP contribution in [0.15, 0.2) is 0 Å². The fourth-order valence-electron chi connectivity index (χ4n) is 2.14. The lowest BCUT2D eigenvalue weighted by molar-refractivity contribution is -0.122. The molecule has 1 N–H and O–H groups in total. The first-order chi connectivity index (χ1) is 7.65. The van der Waals surface area contributed by atoms with Gasteiger partial charge in [0.15, 0.2) is 0 Å². The van der Waals surface area contributed by atoms with Crippen molar-refractivity contribution in [2.24, 2.45) is 11.8 Å². The highest BCUT2D eigenvalue weighted by Crippen LogP contribution is 2.25. The summed E-state index contributed by atoms with van der Waals surface area (Å²) in [7, 11) is 1.60. The normalized spacial score (nSPS) is 25.0. The van der Waals surface area contributed by atoms with Gasteiger partial charge in [-0.2, -0.15) is 0 Å². The van der Waals surface area contributed by atoms with Gasteiger partial charge < -0.3 is 14.8 Å². The Balaban J connectivity index is 2.23. The van der Waals surface area contributed by atoms with Crippen LogP contribution in [-0.2, 0) is 14.3 Å². The second kappa shape index (κ2) is 6.86. The predicted octanol–water partition coefficient (Wildman–Crippen LogP) is 1.20. The van der Waals surface area contributed by atoms with Crippen LogP contribution >= 0.6 is 0 Å². The molecular weight excluding hydrogens is 206 g/mol. The van der Waals surface area contributed by atoms with Gasteiger partial charge in [0.05, 0.1) is 12.7 Å². The molecule has 1 amide bonds. The van der Waals surface area contributed by atoms with Gasteiger partial charge in [-0.25, -0.2) is 0 Å². The fourth-order valence-corrected chi connectivity index (χ4v) is 2.14. The molecular formula is C12H23NO3. The first kappa shape index (κ1) is 13.5. The quantitative estimate of drug-likeness (QED) is 0.744. The van der Waals surface area contributed by atoms with Crippen molar-refractivity contribution in [2.45, 2.75) is 32.8 Å². The number of carbonyl (C=O) groups is 1. The van der Waals surface area contributed by atoms with E-state index in [-0.39, 0.29) is 5.91 Å². The Morgan fingerprint density at radius 1 is 1.56 bits per heavy atom. The molecule has 0 saturated carbocycles. The van der Waals surface area contributed by atoms with Crippen LogP contribution in [0.4, 0.5) is 0 Å². The van der Waals surface area contributed by atoms with Gasteiger partial charge >= 0.3 is 0 Å². The first-order valence-electron chi connectivity index (χ1n) is 6.02. The Bertz CT molecular complexity index is 218. The molecule has 1 heterocycles. The van der Waals surface area contributed by atoms with E-state index in [0.29, 0.717) is 31.0 Å². The number of carbonyl (C=O) groups excluding carboxylic acids is 1. The van der Waals surface area contributed by atoms with Crippen LogP contribution in [0.3, 0.4) is 0 Å². The van der Waals surface area contributed by atoms with Crippen molar-refractivity contribution >= 4 is 5.91 Å². The van der Waals surface area contributed by atoms with Gasteiger partial charge in [-0.3, -0.25) is 4.79 Å². The summed E-state index contributed by atoms with van der Waals surface area (Å²) in [5.74, 6) is 1.05. The molecule has 94 valence electrons. The van der Waals surface area contributed by atoms with Crippen LogP contribution < -0.4 is 5.32 Å². The first-order valence-corrected chi connectivity index (χ1v) is 6.02. The monoisotopic (exact) mass is 229 g/mol. The zero-order valence-electron chi connectivity index (χ0n) is 10.5. The van der Waals surface area contributed by atoms with Crippen LogP contribution in [-0.4, -0.2) is 38.9 Å². The minimum absolute atomic E-state index is 0.0660. The Labute approximate surface area is 97.7 Å². The lowest BCUT2D eigenvalue weighted by Crippen LogP contribution is -2.35. The highest BCUT2D eigenvalue weighted by molar-refractivity contribution is 5.75. The van der Waals surface area contributed by atoms with Gasteiger partial charge in [-0.05, 0) is 12.3 Å². The molecule has 1 fully saturated rings. The van der Waals surface area contributed by atoms with Crippen LogP contribution in [0.5, 0.6) is 0 Å². The fraction of sp³-hybridized carbons (Fsp3) is 0.917. The van der Waals surface area contributed by atoms with Crippen molar-refractivity contribution in [3.63, 3.8) is 0 Å². The van der Waals surface area contributed by atoms with Gasteiger partial charge in [0.2, 0.25) is 5.91 Å². The summed E-state index contributed by atoms with van der Waals surface area (Å²) in [6.45, 7) is 6.36. The summed E-state index contributed by atoms with van der Waals surface area (Å²) in [6, 6.07) is 0. The zero-order chi connectivity index (χ0) is 12.0. The van der Waals surface area contributed by atoms with Crippen molar-refractivity contribution in [1.82, 2.24) is 5.32 Å². The minimum atomic E-state index is 0.0660. The molecule has 16 heavy (non-hydrogen) atoms. The molecule has 1 aliphatic heterocycles. The molecule has 0 aromatic heterocycles. The van der Waals surface area contributed by atoms with Crippen LogP contribution in [0.1, 0.15) is 26.7 Å². The summed E-state index contributed by atoms with van der Waals surface area (Å²) in [4.78, 5) is 11.4. The maximum absolute atomic E-state index is 11.4. The van der Waals surface area contributed by atoms with E-state index < -0.39 is 0 Å². The molecule has 0 spiro atoms. The minimum Gasteiger partial charge on any atom is -0.384 e. The molecule has 1 rings (SSSR count). The number of hydrogen-bond acceptors (Lipinski definition) is 3. The summed E-state index contributed by atoms with van der Waals surface area (Å²) in [5.41, 5.74) is 0. The van der Waals surface area contributed by atoms with Crippen molar-refractivity contribution in [3.8, 4) is 0 Å². The SMILES string of the molecule is COCCC(=O)NC[C@H]1CCO[C@@H]1C(C)C. The van der Waals surface area contributed by atoms with Gasteiger partial charge in [-0.1, -0.05) is 13.8 Å². The lowest BCUT2D eigenvalue weighted by atomic mass is 9.93. The van der Waals surface area contributed by atoms with Gasteiger partial charge in [-0.15, -0.1) is 0 Å². The topological polar surface area (TPSA) is 47.6 Å². The third kappa shape index (κ3) is 4.10. The Morgan fingerprint density at radius 3 is 2.94 bits per heavy atom. The van der Waals surface area contributed by atoms with E-state index in [9.17, 15) is 4.79 Å². The van der Waals surface area contributed by atoms with E-state index in [0.717, 1.165) is 19.6 Å². The largest absolute Gasteiger partial charge is 0.384 e. The van der Waals surface area contributed by atoms with E-state index in [4.69, 9.17) is 9.47 Å². The van der Waals surface area contributed by atoms with Gasteiger partial charge in [0.1, 0.15) is 0 Å². The van der Waals surface area contributed by atoms with E-state index in [1.807, 2.05) is 0 Å². The summed E-state index contributed by atoms with van der Waals surface area (Å²) >= 11 is 0. The van der Waals surface area contributed by atoms with Crippen molar-refractivity contribution in [1.29, 1.82) is 0 Å². The molecule has 0 aromatic carbocycles. The number of rotatable bonds is 6. The van der Waals surface area contributed by atoms with Crippen LogP contribution in [0.25, 0.3) is 0 Å². The van der Waals surface area contributed by atoms with Crippen LogP contribution in [0, 0.1) is 11.8 Å². The number of nitrogens with one attached hydrogen (secondary N) is 1. The number of hydrogen-bond donors (Lipinski definition) is 1. The Kier molecular flexibility index (Phi) is 5.77. The molecule has 0 bridgehead atoms. The molecule has 0 unspecified atom stereocenters. The van der Waals surface area contributed by atoms with Crippen molar-refractivity contribution in [3.05, 3.63) is 0 Å². The second-order valence-corrected chi connectivity index (χ2v) is 4.68. The Morgan fingerprint density at radius 2 is 2.31 bits per heavy atom. The molecule has 0 radical (unpaired) electrons. The van der Waals surface area contributed by atoms with Gasteiger partial charge in [0, 0.05) is 32.6 Å². The third-order valence-electron chi connectivity index (χ3n) is 3.02. The number of ether oxygens (including phenoxy) is 2. The zero-order valence-corrected chi connectivity index (χ0v) is 10.5. The van der Waals surface area contributed by atoms with Crippen LogP contribution in [0.2, 0.25) is 0 Å². The highest BCUT2D eigenvalue weighted by atomic mass is 16.5. The molecule has 0 aliphatic carbocycles. The molecule has 1 aliphatic rings. The molecule has 4 heteroatoms. The summed E-state index contributed by atoms with van der Waals surface area (Å²) in [5, 5.41) is 2.95. The van der Waals surface area contributed by atoms with E-state index >= 15 is 0 Å². The summed E-state index contributed by atoms with van der Waals surface area (Å²) < 4.78 is 10.5. The molecule has 4 nitrogen and oxygen atoms in total. The summed E-state index contributed by atoms with van der Waals surface area (Å²) in [6.07, 6.45) is 1.78. The maximum atomic E-state index is 11.4. The highest BCUT2D eigenvalue weighted by Gasteiger charge is 2.30. The number of methoxy groups -OCH3 is 1. The molecule has 1 saturated heterocycles. The predicted molar refractivity (Wildman–Crippen MR) is 62.2 cm³/mol. The lowest BCUT2D eigenvalue weighted by Gasteiger charge is -2.22. The van der Waals surface area contributed by atoms with E-state index in [1.54, 1.807) is 7.11 Å². The number of amides is 1. The van der Waals surface area contributed by atoms with E-state index in [1.165, 1.54) is 0 Å². The average Bonchev–Trinajstić information content (AvgIpc) is 2.71. The van der Waals surface area contributed by atoms with Crippen molar-refractivity contribution < 1.29 is 14.3 Å². The third-order valence-corrected chi connectivity index (χ3v) is 3.02. The molecule has 2 atom stereocenters. The average molecular weight is 229 g/mol. The second-order valence-electron chi connectivity index (χ2n) is 4.68. The van der Waals surface area contributed by atoms with E-state index in [2.05, 4.69) is 19.2 Å². The van der Waals surface area contributed by atoms with Gasteiger partial charge in [0.25, 0.3) is 0 Å². The Hall–Kier alpha value is -0.610. The van der Waals surface area contributed by atoms with Crippen molar-refractivity contribution in [2.75, 3.05) is 26.9 Å². The standard InChI is InChI=1S/C12H23NO3/c1-9(2)12-10(4-7-16-12)8-13-11(14)5-6-15-3/h9-10,12H,4-8H2,1-3H3,(H,13,14)/t10-,12-/m1/s1.